The Balaban J connectivity index is 1.98. The van der Waals surface area contributed by atoms with Crippen LogP contribution in [-0.2, 0) is 4.79 Å². The zero-order valence-electron chi connectivity index (χ0n) is 10.5. The van der Waals surface area contributed by atoms with Crippen LogP contribution >= 0.6 is 0 Å². The Kier molecular flexibility index (Phi) is 3.13. The van der Waals surface area contributed by atoms with Gasteiger partial charge in [-0.05, 0) is 23.8 Å². The summed E-state index contributed by atoms with van der Waals surface area (Å²) in [6, 6.07) is 15.6. The number of carbonyl (C=O) groups excluding carboxylic acids is 1. The molecule has 0 fully saturated rings. The molecule has 3 rings (SSSR count). The summed E-state index contributed by atoms with van der Waals surface area (Å²) in [7, 11) is 0. The molecule has 4 heteroatoms. The topological polar surface area (TPSA) is 41.5 Å². The Bertz CT molecular complexity index is 720. The average molecular weight is 266 g/mol. The highest BCUT2D eigenvalue weighted by molar-refractivity contribution is 6.19. The number of carbonyl (C=O) groups is 1. The Labute approximate surface area is 115 Å². The van der Waals surface area contributed by atoms with E-state index in [4.69, 9.17) is 0 Å². The maximum absolute atomic E-state index is 13.7. The molecule has 0 radical (unpaired) electrons. The van der Waals surface area contributed by atoms with Gasteiger partial charge in [0.1, 0.15) is 17.3 Å². The molecule has 1 N–H and O–H groups in total. The van der Waals surface area contributed by atoms with Gasteiger partial charge in [-0.15, -0.1) is 0 Å². The maximum atomic E-state index is 13.7. The number of hydrogen-bond donors (Lipinski definition) is 1. The molecule has 0 aliphatic carbocycles. The fraction of sp³-hybridized carbons (Fsp3) is 0. The van der Waals surface area contributed by atoms with Gasteiger partial charge in [0.05, 0.1) is 5.56 Å². The van der Waals surface area contributed by atoms with E-state index in [2.05, 4.69) is 10.3 Å². The van der Waals surface area contributed by atoms with Gasteiger partial charge in [-0.3, -0.25) is 4.79 Å². The number of amidine groups is 1. The number of nitrogens with one attached hydrogen (secondary N) is 1. The van der Waals surface area contributed by atoms with Gasteiger partial charge in [0.15, 0.2) is 0 Å². The van der Waals surface area contributed by atoms with Crippen molar-refractivity contribution < 1.29 is 9.18 Å². The van der Waals surface area contributed by atoms with Crippen molar-refractivity contribution in [2.75, 3.05) is 0 Å². The van der Waals surface area contributed by atoms with Crippen molar-refractivity contribution in [1.29, 1.82) is 0 Å². The van der Waals surface area contributed by atoms with E-state index in [1.807, 2.05) is 30.3 Å². The third-order valence-electron chi connectivity index (χ3n) is 2.93. The van der Waals surface area contributed by atoms with Gasteiger partial charge in [0, 0.05) is 0 Å². The second-order valence-electron chi connectivity index (χ2n) is 4.33. The zero-order valence-corrected chi connectivity index (χ0v) is 10.5. The van der Waals surface area contributed by atoms with Gasteiger partial charge in [-0.1, -0.05) is 42.5 Å². The van der Waals surface area contributed by atoms with Crippen LogP contribution in [0, 0.1) is 5.82 Å². The molecule has 0 atom stereocenters. The minimum Gasteiger partial charge on any atom is -0.305 e. The van der Waals surface area contributed by atoms with Gasteiger partial charge in [-0.25, -0.2) is 9.38 Å². The SMILES string of the molecule is O=C1NC(c2ccccc2F)=N/C1=C\c1ccccc1. The highest BCUT2D eigenvalue weighted by atomic mass is 19.1. The quantitative estimate of drug-likeness (QED) is 0.834. The number of amides is 1. The largest absolute Gasteiger partial charge is 0.305 e. The van der Waals surface area contributed by atoms with E-state index in [1.54, 1.807) is 24.3 Å². The minimum atomic E-state index is -0.410. The van der Waals surface area contributed by atoms with Gasteiger partial charge < -0.3 is 5.32 Å². The first-order valence-corrected chi connectivity index (χ1v) is 6.16. The summed E-state index contributed by atoms with van der Waals surface area (Å²) in [6.07, 6.45) is 1.67. The van der Waals surface area contributed by atoms with Crippen LogP contribution < -0.4 is 5.32 Å². The van der Waals surface area contributed by atoms with Crippen LogP contribution in [0.3, 0.4) is 0 Å². The Hall–Kier alpha value is -2.75. The van der Waals surface area contributed by atoms with Crippen molar-refractivity contribution in [3.63, 3.8) is 0 Å². The van der Waals surface area contributed by atoms with E-state index in [9.17, 15) is 9.18 Å². The van der Waals surface area contributed by atoms with E-state index >= 15 is 0 Å². The molecule has 3 nitrogen and oxygen atoms in total. The number of rotatable bonds is 2. The second kappa shape index (κ2) is 5.09. The fourth-order valence-electron chi connectivity index (χ4n) is 1.96. The summed E-state index contributed by atoms with van der Waals surface area (Å²) < 4.78 is 13.7. The first-order valence-electron chi connectivity index (χ1n) is 6.16. The second-order valence-corrected chi connectivity index (χ2v) is 4.33. The summed E-state index contributed by atoms with van der Waals surface area (Å²) in [5, 5.41) is 2.58. The molecule has 98 valence electrons. The predicted molar refractivity (Wildman–Crippen MR) is 75.5 cm³/mol. The van der Waals surface area contributed by atoms with Crippen LogP contribution in [0.4, 0.5) is 4.39 Å². The molecule has 0 spiro atoms. The van der Waals surface area contributed by atoms with Gasteiger partial charge in [0.2, 0.25) is 0 Å². The lowest BCUT2D eigenvalue weighted by Gasteiger charge is -2.00. The number of halogens is 1. The molecule has 1 amide bonds. The Morgan fingerprint density at radius 3 is 2.45 bits per heavy atom. The van der Waals surface area contributed by atoms with E-state index in [-0.39, 0.29) is 23.0 Å². The molecule has 0 saturated heterocycles. The van der Waals surface area contributed by atoms with Crippen molar-refractivity contribution in [2.24, 2.45) is 4.99 Å². The van der Waals surface area contributed by atoms with Gasteiger partial charge in [0.25, 0.3) is 5.91 Å². The molecule has 2 aromatic carbocycles. The average Bonchev–Trinajstić information content (AvgIpc) is 2.81. The minimum absolute atomic E-state index is 0.246. The lowest BCUT2D eigenvalue weighted by atomic mass is 10.2. The third kappa shape index (κ3) is 2.36. The van der Waals surface area contributed by atoms with Crippen LogP contribution in [0.1, 0.15) is 11.1 Å². The number of aliphatic imine (C=N–C) groups is 1. The number of hydrogen-bond acceptors (Lipinski definition) is 2. The van der Waals surface area contributed by atoms with Crippen LogP contribution in [0.25, 0.3) is 6.08 Å². The molecule has 2 aromatic rings. The van der Waals surface area contributed by atoms with Gasteiger partial charge in [-0.2, -0.15) is 0 Å². The molecule has 0 unspecified atom stereocenters. The molecule has 0 aromatic heterocycles. The lowest BCUT2D eigenvalue weighted by molar-refractivity contribution is -0.115. The molecular formula is C16H11FN2O. The summed E-state index contributed by atoms with van der Waals surface area (Å²) in [5.41, 5.74) is 1.43. The van der Waals surface area contributed by atoms with Crippen molar-refractivity contribution in [3.05, 3.63) is 77.2 Å². The van der Waals surface area contributed by atoms with Crippen LogP contribution in [0.15, 0.2) is 65.3 Å². The highest BCUT2D eigenvalue weighted by Gasteiger charge is 2.22. The highest BCUT2D eigenvalue weighted by Crippen LogP contribution is 2.16. The molecule has 1 heterocycles. The normalized spacial score (nSPS) is 16.1. The maximum Gasteiger partial charge on any atom is 0.275 e. The standard InChI is InChI=1S/C16H11FN2O/c17-13-9-5-4-8-12(13)15-18-14(16(20)19-15)10-11-6-2-1-3-7-11/h1-10H,(H,18,19,20)/b14-10-. The van der Waals surface area contributed by atoms with Crippen molar-refractivity contribution in [2.45, 2.75) is 0 Å². The molecule has 1 aliphatic rings. The zero-order chi connectivity index (χ0) is 13.9. The molecule has 0 bridgehead atoms. The fourth-order valence-corrected chi connectivity index (χ4v) is 1.96. The molecule has 20 heavy (non-hydrogen) atoms. The summed E-state index contributed by atoms with van der Waals surface area (Å²) >= 11 is 0. The van der Waals surface area contributed by atoms with Crippen LogP contribution in [-0.4, -0.2) is 11.7 Å². The smallest absolute Gasteiger partial charge is 0.275 e. The molecule has 1 aliphatic heterocycles. The number of nitrogens with zero attached hydrogens (tertiary/aromatic N) is 1. The summed E-state index contributed by atoms with van der Waals surface area (Å²) in [5.74, 6) is -0.491. The first-order chi connectivity index (χ1) is 9.74. The Morgan fingerprint density at radius 1 is 1.00 bits per heavy atom. The molecular weight excluding hydrogens is 255 g/mol. The summed E-state index contributed by atoms with van der Waals surface area (Å²) in [4.78, 5) is 16.0. The predicted octanol–water partition coefficient (Wildman–Crippen LogP) is 2.74. The Morgan fingerprint density at radius 2 is 1.70 bits per heavy atom. The lowest BCUT2D eigenvalue weighted by Crippen LogP contribution is -2.25. The molecule has 0 saturated carbocycles. The van der Waals surface area contributed by atoms with Crippen LogP contribution in [0.5, 0.6) is 0 Å². The summed E-state index contributed by atoms with van der Waals surface area (Å²) in [6.45, 7) is 0. The van der Waals surface area contributed by atoms with Gasteiger partial charge >= 0.3 is 0 Å². The van der Waals surface area contributed by atoms with Crippen molar-refractivity contribution in [3.8, 4) is 0 Å². The first kappa shape index (κ1) is 12.3. The van der Waals surface area contributed by atoms with E-state index in [0.29, 0.717) is 0 Å². The van der Waals surface area contributed by atoms with Crippen molar-refractivity contribution in [1.82, 2.24) is 5.32 Å². The monoisotopic (exact) mass is 266 g/mol. The van der Waals surface area contributed by atoms with E-state index in [1.165, 1.54) is 6.07 Å². The van der Waals surface area contributed by atoms with Crippen molar-refractivity contribution >= 4 is 17.8 Å². The number of benzene rings is 2. The van der Waals surface area contributed by atoms with Crippen LogP contribution in [0.2, 0.25) is 0 Å². The van der Waals surface area contributed by atoms with E-state index in [0.717, 1.165) is 5.56 Å². The van der Waals surface area contributed by atoms with E-state index < -0.39 is 5.82 Å². The third-order valence-corrected chi connectivity index (χ3v) is 2.93.